The SMILES string of the molecule is CC1CCC(NS(=O)(=O)CC(=O)NCCCCN)CC1. The first kappa shape index (κ1) is 17.4. The topological polar surface area (TPSA) is 101 Å². The zero-order valence-corrected chi connectivity index (χ0v) is 13.0. The van der Waals surface area contributed by atoms with Crippen molar-refractivity contribution in [2.75, 3.05) is 18.8 Å². The highest BCUT2D eigenvalue weighted by Crippen LogP contribution is 2.23. The van der Waals surface area contributed by atoms with Gasteiger partial charge in [0.25, 0.3) is 0 Å². The molecule has 6 nitrogen and oxygen atoms in total. The molecular formula is C13H27N3O3S. The summed E-state index contributed by atoms with van der Waals surface area (Å²) in [5.74, 6) is -0.262. The van der Waals surface area contributed by atoms with E-state index < -0.39 is 21.7 Å². The first-order valence-electron chi connectivity index (χ1n) is 7.39. The quantitative estimate of drug-likeness (QED) is 0.563. The number of carbonyl (C=O) groups excluding carboxylic acids is 1. The van der Waals surface area contributed by atoms with Crippen molar-refractivity contribution in [2.45, 2.75) is 51.5 Å². The molecule has 0 aromatic carbocycles. The molecule has 7 heteroatoms. The van der Waals surface area contributed by atoms with E-state index in [1.54, 1.807) is 0 Å². The lowest BCUT2D eigenvalue weighted by atomic mass is 9.88. The zero-order valence-electron chi connectivity index (χ0n) is 12.2. The van der Waals surface area contributed by atoms with Gasteiger partial charge >= 0.3 is 0 Å². The van der Waals surface area contributed by atoms with Gasteiger partial charge in [-0.1, -0.05) is 6.92 Å². The Morgan fingerprint density at radius 2 is 1.85 bits per heavy atom. The molecule has 0 aliphatic heterocycles. The van der Waals surface area contributed by atoms with Gasteiger partial charge in [0, 0.05) is 12.6 Å². The summed E-state index contributed by atoms with van der Waals surface area (Å²) in [7, 11) is -3.53. The Morgan fingerprint density at radius 3 is 2.45 bits per heavy atom. The fraction of sp³-hybridized carbons (Fsp3) is 0.923. The molecule has 118 valence electrons. The lowest BCUT2D eigenvalue weighted by Crippen LogP contribution is -2.42. The van der Waals surface area contributed by atoms with E-state index >= 15 is 0 Å². The third-order valence-corrected chi connectivity index (χ3v) is 4.97. The van der Waals surface area contributed by atoms with Gasteiger partial charge in [0.05, 0.1) is 0 Å². The Balaban J connectivity index is 2.28. The Morgan fingerprint density at radius 1 is 1.20 bits per heavy atom. The average Bonchev–Trinajstić information content (AvgIpc) is 2.36. The molecule has 1 fully saturated rings. The molecule has 0 bridgehead atoms. The number of rotatable bonds is 8. The average molecular weight is 305 g/mol. The van der Waals surface area contributed by atoms with Crippen LogP contribution < -0.4 is 15.8 Å². The van der Waals surface area contributed by atoms with Crippen molar-refractivity contribution >= 4 is 15.9 Å². The maximum atomic E-state index is 11.9. The Labute approximate surface area is 121 Å². The molecule has 1 aliphatic carbocycles. The first-order valence-corrected chi connectivity index (χ1v) is 9.05. The van der Waals surface area contributed by atoms with Crippen LogP contribution in [0.5, 0.6) is 0 Å². The number of carbonyl (C=O) groups is 1. The highest BCUT2D eigenvalue weighted by molar-refractivity contribution is 7.90. The molecule has 0 aromatic heterocycles. The van der Waals surface area contributed by atoms with E-state index in [2.05, 4.69) is 17.0 Å². The summed E-state index contributed by atoms with van der Waals surface area (Å²) in [6.07, 6.45) is 5.40. The fourth-order valence-electron chi connectivity index (χ4n) is 2.39. The molecule has 0 saturated heterocycles. The summed E-state index contributed by atoms with van der Waals surface area (Å²) in [6.45, 7) is 3.24. The van der Waals surface area contributed by atoms with E-state index in [0.29, 0.717) is 19.0 Å². The van der Waals surface area contributed by atoms with Crippen molar-refractivity contribution in [3.63, 3.8) is 0 Å². The summed E-state index contributed by atoms with van der Waals surface area (Å²) in [5, 5.41) is 2.60. The van der Waals surface area contributed by atoms with E-state index in [9.17, 15) is 13.2 Å². The number of nitrogens with one attached hydrogen (secondary N) is 2. The maximum absolute atomic E-state index is 11.9. The number of unbranched alkanes of at least 4 members (excludes halogenated alkanes) is 1. The number of hydrogen-bond donors (Lipinski definition) is 3. The van der Waals surface area contributed by atoms with E-state index in [4.69, 9.17) is 5.73 Å². The summed E-state index contributed by atoms with van der Waals surface area (Å²) in [6, 6.07) is -0.0127. The number of amides is 1. The van der Waals surface area contributed by atoms with Crippen LogP contribution in [0.25, 0.3) is 0 Å². The monoisotopic (exact) mass is 305 g/mol. The van der Waals surface area contributed by atoms with E-state index in [-0.39, 0.29) is 6.04 Å². The largest absolute Gasteiger partial charge is 0.355 e. The molecule has 20 heavy (non-hydrogen) atoms. The molecule has 1 amide bonds. The van der Waals surface area contributed by atoms with Crippen LogP contribution in [0.3, 0.4) is 0 Å². The van der Waals surface area contributed by atoms with Gasteiger partial charge in [-0.15, -0.1) is 0 Å². The molecule has 1 rings (SSSR count). The van der Waals surface area contributed by atoms with Crippen LogP contribution in [0.2, 0.25) is 0 Å². The second-order valence-corrected chi connectivity index (χ2v) is 7.43. The lowest BCUT2D eigenvalue weighted by Gasteiger charge is -2.26. The highest BCUT2D eigenvalue weighted by Gasteiger charge is 2.24. The molecule has 0 atom stereocenters. The van der Waals surface area contributed by atoms with E-state index in [0.717, 1.165) is 38.5 Å². The molecule has 1 aliphatic rings. The van der Waals surface area contributed by atoms with Crippen molar-refractivity contribution in [2.24, 2.45) is 11.7 Å². The van der Waals surface area contributed by atoms with E-state index in [1.165, 1.54) is 0 Å². The molecule has 0 spiro atoms. The Hall–Kier alpha value is -0.660. The molecule has 0 heterocycles. The highest BCUT2D eigenvalue weighted by atomic mass is 32.2. The molecular weight excluding hydrogens is 278 g/mol. The standard InChI is InChI=1S/C13H27N3O3S/c1-11-4-6-12(7-5-11)16-20(18,19)10-13(17)15-9-3-2-8-14/h11-12,16H,2-10,14H2,1H3,(H,15,17). The predicted octanol–water partition coefficient (Wildman–Crippen LogP) is 0.340. The Kier molecular flexibility index (Phi) is 7.47. The minimum Gasteiger partial charge on any atom is -0.355 e. The summed E-state index contributed by atoms with van der Waals surface area (Å²) < 4.78 is 26.4. The van der Waals surface area contributed by atoms with Crippen LogP contribution in [0.4, 0.5) is 0 Å². The lowest BCUT2D eigenvalue weighted by molar-refractivity contribution is -0.118. The van der Waals surface area contributed by atoms with Gasteiger partial charge in [-0.25, -0.2) is 13.1 Å². The smallest absolute Gasteiger partial charge is 0.236 e. The van der Waals surface area contributed by atoms with Gasteiger partial charge in [-0.2, -0.15) is 0 Å². The van der Waals surface area contributed by atoms with Crippen LogP contribution in [0, 0.1) is 5.92 Å². The molecule has 4 N–H and O–H groups in total. The molecule has 0 unspecified atom stereocenters. The first-order chi connectivity index (χ1) is 9.43. The van der Waals surface area contributed by atoms with Crippen molar-refractivity contribution in [1.29, 1.82) is 0 Å². The zero-order chi connectivity index (χ0) is 15.0. The van der Waals surface area contributed by atoms with Crippen LogP contribution in [0.1, 0.15) is 45.4 Å². The number of sulfonamides is 1. The second-order valence-electron chi connectivity index (χ2n) is 5.68. The maximum Gasteiger partial charge on any atom is 0.236 e. The van der Waals surface area contributed by atoms with Crippen LogP contribution in [0.15, 0.2) is 0 Å². The van der Waals surface area contributed by atoms with Gasteiger partial charge in [0.1, 0.15) is 5.75 Å². The van der Waals surface area contributed by atoms with Crippen molar-refractivity contribution in [1.82, 2.24) is 10.0 Å². The normalized spacial score (nSPS) is 23.5. The molecule has 1 saturated carbocycles. The second kappa shape index (κ2) is 8.59. The van der Waals surface area contributed by atoms with Gasteiger partial charge in [0.2, 0.25) is 15.9 Å². The minimum absolute atomic E-state index is 0.0127. The van der Waals surface area contributed by atoms with Gasteiger partial charge < -0.3 is 11.1 Å². The van der Waals surface area contributed by atoms with Crippen LogP contribution in [-0.2, 0) is 14.8 Å². The Bertz CT molecular complexity index is 390. The van der Waals surface area contributed by atoms with Crippen LogP contribution in [-0.4, -0.2) is 39.2 Å². The number of nitrogens with two attached hydrogens (primary N) is 1. The van der Waals surface area contributed by atoms with Gasteiger partial charge in [0.15, 0.2) is 0 Å². The molecule has 0 radical (unpaired) electrons. The van der Waals surface area contributed by atoms with Crippen molar-refractivity contribution in [3.05, 3.63) is 0 Å². The third kappa shape index (κ3) is 7.21. The van der Waals surface area contributed by atoms with Crippen molar-refractivity contribution in [3.8, 4) is 0 Å². The summed E-state index contributed by atoms with van der Waals surface area (Å²) >= 11 is 0. The minimum atomic E-state index is -3.53. The van der Waals surface area contributed by atoms with E-state index in [1.807, 2.05) is 0 Å². The fourth-order valence-corrected chi connectivity index (χ4v) is 3.67. The van der Waals surface area contributed by atoms with Gasteiger partial charge in [-0.3, -0.25) is 4.79 Å². The molecule has 0 aromatic rings. The van der Waals surface area contributed by atoms with Crippen LogP contribution >= 0.6 is 0 Å². The summed E-state index contributed by atoms with van der Waals surface area (Å²) in [4.78, 5) is 11.6. The number of hydrogen-bond acceptors (Lipinski definition) is 4. The van der Waals surface area contributed by atoms with Gasteiger partial charge in [-0.05, 0) is 51.0 Å². The van der Waals surface area contributed by atoms with Crippen molar-refractivity contribution < 1.29 is 13.2 Å². The third-order valence-electron chi connectivity index (χ3n) is 3.64. The predicted molar refractivity (Wildman–Crippen MR) is 79.6 cm³/mol. The summed E-state index contributed by atoms with van der Waals surface area (Å²) in [5.41, 5.74) is 5.34.